The predicted molar refractivity (Wildman–Crippen MR) is 55.0 cm³/mol. The largest absolute Gasteiger partial charge is 0.398 e. The van der Waals surface area contributed by atoms with Crippen molar-refractivity contribution in [1.29, 1.82) is 0 Å². The topological polar surface area (TPSA) is 56.7 Å². The number of alkyl halides is 3. The van der Waals surface area contributed by atoms with E-state index in [0.717, 1.165) is 6.42 Å². The van der Waals surface area contributed by atoms with Crippen molar-refractivity contribution >= 4 is 11.8 Å². The van der Waals surface area contributed by atoms with Crippen LogP contribution in [0.3, 0.4) is 0 Å². The lowest BCUT2D eigenvalue weighted by Gasteiger charge is -2.08. The third kappa shape index (κ3) is 3.67. The summed E-state index contributed by atoms with van der Waals surface area (Å²) in [6.07, 6.45) is -3.40. The second-order valence-electron chi connectivity index (χ2n) is 3.16. The van der Waals surface area contributed by atoms with E-state index in [9.17, 15) is 13.2 Å². The average Bonchev–Trinajstić information content (AvgIpc) is 2.57. The molecule has 2 N–H and O–H groups in total. The molecular formula is C8H13F3N4S. The molecule has 92 valence electrons. The minimum Gasteiger partial charge on any atom is -0.324 e. The Morgan fingerprint density at radius 2 is 2.06 bits per heavy atom. The molecule has 0 aliphatic carbocycles. The lowest BCUT2D eigenvalue weighted by Crippen LogP contribution is -2.13. The van der Waals surface area contributed by atoms with Gasteiger partial charge < -0.3 is 10.3 Å². The fourth-order valence-electron chi connectivity index (χ4n) is 1.17. The summed E-state index contributed by atoms with van der Waals surface area (Å²) < 4.78 is 37.8. The molecule has 0 spiro atoms. The van der Waals surface area contributed by atoms with Crippen molar-refractivity contribution in [1.82, 2.24) is 14.8 Å². The summed E-state index contributed by atoms with van der Waals surface area (Å²) in [7, 11) is 0. The molecule has 0 aliphatic heterocycles. The van der Waals surface area contributed by atoms with Gasteiger partial charge in [0, 0.05) is 6.54 Å². The third-order valence-electron chi connectivity index (χ3n) is 1.79. The summed E-state index contributed by atoms with van der Waals surface area (Å²) in [6, 6.07) is 0. The number of nitrogens with zero attached hydrogens (tertiary/aromatic N) is 3. The van der Waals surface area contributed by atoms with E-state index in [4.69, 9.17) is 5.73 Å². The van der Waals surface area contributed by atoms with E-state index in [1.165, 1.54) is 0 Å². The van der Waals surface area contributed by atoms with Gasteiger partial charge in [-0.2, -0.15) is 13.2 Å². The molecule has 0 saturated heterocycles. The molecule has 1 aromatic heterocycles. The number of halogens is 3. The Morgan fingerprint density at radius 3 is 2.56 bits per heavy atom. The summed E-state index contributed by atoms with van der Waals surface area (Å²) in [6.45, 7) is 2.69. The normalized spacial score (nSPS) is 12.1. The van der Waals surface area contributed by atoms with E-state index in [0.29, 0.717) is 24.1 Å². The van der Waals surface area contributed by atoms with Gasteiger partial charge in [-0.15, -0.1) is 10.2 Å². The lowest BCUT2D eigenvalue weighted by atomic mass is 10.4. The van der Waals surface area contributed by atoms with Crippen LogP contribution in [0.15, 0.2) is 5.16 Å². The van der Waals surface area contributed by atoms with Crippen molar-refractivity contribution in [2.24, 2.45) is 5.73 Å². The van der Waals surface area contributed by atoms with Crippen LogP contribution < -0.4 is 5.73 Å². The predicted octanol–water partition coefficient (Wildman–Crippen LogP) is 1.80. The van der Waals surface area contributed by atoms with Gasteiger partial charge in [0.25, 0.3) is 0 Å². The number of hydrogen-bond donors (Lipinski definition) is 1. The summed E-state index contributed by atoms with van der Waals surface area (Å²) in [4.78, 5) is 0. The first-order valence-electron chi connectivity index (χ1n) is 4.79. The van der Waals surface area contributed by atoms with Crippen molar-refractivity contribution in [3.8, 4) is 0 Å². The summed E-state index contributed by atoms with van der Waals surface area (Å²) >= 11 is 0.639. The van der Waals surface area contributed by atoms with Crippen molar-refractivity contribution < 1.29 is 13.2 Å². The smallest absolute Gasteiger partial charge is 0.324 e. The van der Waals surface area contributed by atoms with Crippen LogP contribution in [0.5, 0.6) is 0 Å². The fraction of sp³-hybridized carbons (Fsp3) is 0.750. The van der Waals surface area contributed by atoms with E-state index in [1.54, 1.807) is 4.57 Å². The van der Waals surface area contributed by atoms with Gasteiger partial charge in [-0.05, 0) is 6.42 Å². The van der Waals surface area contributed by atoms with Gasteiger partial charge in [-0.3, -0.25) is 0 Å². The first kappa shape index (κ1) is 13.3. The van der Waals surface area contributed by atoms with Crippen LogP contribution in [0.25, 0.3) is 0 Å². The van der Waals surface area contributed by atoms with Crippen molar-refractivity contribution in [2.75, 3.05) is 5.75 Å². The number of hydrogen-bond acceptors (Lipinski definition) is 4. The van der Waals surface area contributed by atoms with Gasteiger partial charge in [-0.25, -0.2) is 0 Å². The summed E-state index contributed by atoms with van der Waals surface area (Å²) in [5.74, 6) is -0.439. The Kier molecular flexibility index (Phi) is 4.60. The maximum absolute atomic E-state index is 12.0. The first-order chi connectivity index (χ1) is 7.48. The Labute approximate surface area is 95.4 Å². The quantitative estimate of drug-likeness (QED) is 0.814. The molecule has 16 heavy (non-hydrogen) atoms. The second-order valence-corrected chi connectivity index (χ2v) is 4.10. The molecule has 1 heterocycles. The molecule has 1 rings (SSSR count). The molecule has 1 aromatic rings. The Balaban J connectivity index is 2.75. The van der Waals surface area contributed by atoms with Gasteiger partial charge in [0.1, 0.15) is 5.82 Å². The molecule has 0 radical (unpaired) electrons. The Bertz CT molecular complexity index is 337. The zero-order valence-corrected chi connectivity index (χ0v) is 9.61. The van der Waals surface area contributed by atoms with Crippen LogP contribution in [0.4, 0.5) is 13.2 Å². The maximum atomic E-state index is 12.0. The van der Waals surface area contributed by atoms with Crippen LogP contribution in [0, 0.1) is 0 Å². The minimum atomic E-state index is -4.20. The Morgan fingerprint density at radius 1 is 1.38 bits per heavy atom. The average molecular weight is 254 g/mol. The minimum absolute atomic E-state index is 0.180. The number of aromatic nitrogens is 3. The third-order valence-corrected chi connectivity index (χ3v) is 2.82. The van der Waals surface area contributed by atoms with Gasteiger partial charge in [0.2, 0.25) is 0 Å². The molecule has 0 saturated carbocycles. The van der Waals surface area contributed by atoms with Crippen molar-refractivity contribution in [3.63, 3.8) is 0 Å². The molecule has 0 atom stereocenters. The van der Waals surface area contributed by atoms with Crippen LogP contribution >= 0.6 is 11.8 Å². The van der Waals surface area contributed by atoms with E-state index in [1.807, 2.05) is 6.92 Å². The molecule has 0 amide bonds. The molecular weight excluding hydrogens is 241 g/mol. The van der Waals surface area contributed by atoms with Crippen molar-refractivity contribution in [2.45, 2.75) is 37.8 Å². The molecule has 0 bridgehead atoms. The van der Waals surface area contributed by atoms with Gasteiger partial charge in [0.15, 0.2) is 5.16 Å². The standard InChI is InChI=1S/C8H13F3N4S/c1-2-3-15-6(4-12)13-14-7(15)16-5-8(9,10)11/h2-5,12H2,1H3. The fourth-order valence-corrected chi connectivity index (χ4v) is 1.92. The molecule has 0 fully saturated rings. The molecule has 0 unspecified atom stereocenters. The SMILES string of the molecule is CCCn1c(CN)nnc1SCC(F)(F)F. The zero-order chi connectivity index (χ0) is 12.2. The Hall–Kier alpha value is -0.760. The number of rotatable bonds is 5. The number of thioether (sulfide) groups is 1. The van der Waals surface area contributed by atoms with Gasteiger partial charge in [-0.1, -0.05) is 18.7 Å². The van der Waals surface area contributed by atoms with Crippen molar-refractivity contribution in [3.05, 3.63) is 5.82 Å². The first-order valence-corrected chi connectivity index (χ1v) is 5.78. The molecule has 0 aromatic carbocycles. The molecule has 8 heteroatoms. The van der Waals surface area contributed by atoms with E-state index < -0.39 is 11.9 Å². The second kappa shape index (κ2) is 5.53. The van der Waals surface area contributed by atoms with Crippen LogP contribution in [-0.2, 0) is 13.1 Å². The number of nitrogens with two attached hydrogens (primary N) is 1. The lowest BCUT2D eigenvalue weighted by molar-refractivity contribution is -0.105. The highest BCUT2D eigenvalue weighted by Crippen LogP contribution is 2.26. The van der Waals surface area contributed by atoms with Crippen LogP contribution in [-0.4, -0.2) is 26.7 Å². The van der Waals surface area contributed by atoms with Crippen LogP contribution in [0.2, 0.25) is 0 Å². The highest BCUT2D eigenvalue weighted by molar-refractivity contribution is 7.99. The monoisotopic (exact) mass is 254 g/mol. The summed E-state index contributed by atoms with van der Waals surface area (Å²) in [5.41, 5.74) is 5.42. The summed E-state index contributed by atoms with van der Waals surface area (Å²) in [5, 5.41) is 7.74. The van der Waals surface area contributed by atoms with Crippen LogP contribution in [0.1, 0.15) is 19.2 Å². The molecule has 4 nitrogen and oxygen atoms in total. The highest BCUT2D eigenvalue weighted by Gasteiger charge is 2.28. The maximum Gasteiger partial charge on any atom is 0.398 e. The molecule has 0 aliphatic rings. The van der Waals surface area contributed by atoms with Gasteiger partial charge in [0.05, 0.1) is 12.3 Å². The zero-order valence-electron chi connectivity index (χ0n) is 8.79. The van der Waals surface area contributed by atoms with E-state index in [-0.39, 0.29) is 11.7 Å². The highest BCUT2D eigenvalue weighted by atomic mass is 32.2. The van der Waals surface area contributed by atoms with E-state index in [2.05, 4.69) is 10.2 Å². The van der Waals surface area contributed by atoms with E-state index >= 15 is 0 Å². The van der Waals surface area contributed by atoms with Gasteiger partial charge >= 0.3 is 6.18 Å².